The van der Waals surface area contributed by atoms with Crippen molar-refractivity contribution >= 4 is 28.9 Å². The molecule has 2 aliphatic rings. The predicted octanol–water partition coefficient (Wildman–Crippen LogP) is 2.38. The third-order valence-corrected chi connectivity index (χ3v) is 6.36. The number of likely N-dealkylation sites (tertiary alicyclic amines) is 2. The van der Waals surface area contributed by atoms with Crippen molar-refractivity contribution in [1.82, 2.24) is 30.2 Å². The first kappa shape index (κ1) is 19.4. The lowest BCUT2D eigenvalue weighted by molar-refractivity contribution is -0.126. The summed E-state index contributed by atoms with van der Waals surface area (Å²) in [4.78, 5) is 33.7. The van der Waals surface area contributed by atoms with E-state index in [-0.39, 0.29) is 11.8 Å². The molecule has 2 unspecified atom stereocenters. The molecule has 0 radical (unpaired) electrons. The van der Waals surface area contributed by atoms with Gasteiger partial charge in [0.25, 0.3) is 5.91 Å². The molecule has 5 rings (SSSR count). The zero-order chi connectivity index (χ0) is 21.2. The molecule has 2 fully saturated rings. The maximum absolute atomic E-state index is 13.0. The molecule has 4 heterocycles. The number of carbonyl (C=O) groups is 2. The van der Waals surface area contributed by atoms with Crippen molar-refractivity contribution < 1.29 is 9.59 Å². The Morgan fingerprint density at radius 2 is 1.74 bits per heavy atom. The second-order valence-electron chi connectivity index (χ2n) is 8.25. The van der Waals surface area contributed by atoms with Crippen LogP contribution in [0.1, 0.15) is 28.9 Å². The fourth-order valence-electron chi connectivity index (χ4n) is 4.63. The van der Waals surface area contributed by atoms with Gasteiger partial charge in [0, 0.05) is 44.0 Å². The van der Waals surface area contributed by atoms with E-state index in [1.165, 1.54) is 0 Å². The maximum Gasteiger partial charge on any atom is 0.253 e. The van der Waals surface area contributed by atoms with Crippen LogP contribution < -0.4 is 0 Å². The third-order valence-electron chi connectivity index (χ3n) is 6.36. The van der Waals surface area contributed by atoms with Crippen molar-refractivity contribution in [3.63, 3.8) is 0 Å². The van der Waals surface area contributed by atoms with Crippen LogP contribution in [0.3, 0.4) is 0 Å². The van der Waals surface area contributed by atoms with E-state index < -0.39 is 0 Å². The number of nitrogens with one attached hydrogen (secondary N) is 1. The minimum atomic E-state index is 0.0273. The average molecular weight is 416 g/mol. The highest BCUT2D eigenvalue weighted by Gasteiger charge is 2.37. The second kappa shape index (κ2) is 8.29. The first-order valence-electron chi connectivity index (χ1n) is 10.7. The molecule has 3 aromatic rings. The Labute approximate surface area is 179 Å². The molecule has 0 aliphatic carbocycles. The van der Waals surface area contributed by atoms with Gasteiger partial charge in [-0.3, -0.25) is 14.6 Å². The standard InChI is InChI=1S/C23H24N6O2/c30-22(7-5-19-3-1-2-10-24-19)28-11-8-17-14-29(15-18(17)9-12-28)23(31)16-4-6-20-21(13-16)26-27-25-20/h1-7,10,13,17-18H,8-9,11-12,14-15H2,(H,25,26,27)/b7-5+. The van der Waals surface area contributed by atoms with Crippen molar-refractivity contribution in [3.05, 3.63) is 59.9 Å². The lowest BCUT2D eigenvalue weighted by Gasteiger charge is -2.21. The van der Waals surface area contributed by atoms with Crippen molar-refractivity contribution in [3.8, 4) is 0 Å². The molecule has 2 amide bonds. The van der Waals surface area contributed by atoms with E-state index in [1.54, 1.807) is 24.4 Å². The normalized spacial score (nSPS) is 21.4. The van der Waals surface area contributed by atoms with Gasteiger partial charge in [0.15, 0.2) is 0 Å². The van der Waals surface area contributed by atoms with Gasteiger partial charge >= 0.3 is 0 Å². The van der Waals surface area contributed by atoms with Gasteiger partial charge in [-0.15, -0.1) is 0 Å². The van der Waals surface area contributed by atoms with Crippen LogP contribution in [0.5, 0.6) is 0 Å². The highest BCUT2D eigenvalue weighted by atomic mass is 16.2. The van der Waals surface area contributed by atoms with Crippen molar-refractivity contribution in [2.45, 2.75) is 12.8 Å². The van der Waals surface area contributed by atoms with E-state index in [0.29, 0.717) is 22.9 Å². The van der Waals surface area contributed by atoms with E-state index in [2.05, 4.69) is 20.4 Å². The Balaban J connectivity index is 1.19. The number of rotatable bonds is 3. The number of benzene rings is 1. The zero-order valence-electron chi connectivity index (χ0n) is 17.1. The number of aromatic amines is 1. The SMILES string of the molecule is O=C(/C=C/c1ccccn1)N1CCC2CN(C(=O)c3ccc4n[nH]nc4c3)CC2CC1. The molecular formula is C23H24N6O2. The summed E-state index contributed by atoms with van der Waals surface area (Å²) in [5, 5.41) is 10.7. The highest BCUT2D eigenvalue weighted by molar-refractivity contribution is 5.97. The summed E-state index contributed by atoms with van der Waals surface area (Å²) in [7, 11) is 0. The van der Waals surface area contributed by atoms with Crippen LogP contribution in [0.15, 0.2) is 48.7 Å². The quantitative estimate of drug-likeness (QED) is 0.662. The summed E-state index contributed by atoms with van der Waals surface area (Å²) in [5.74, 6) is 0.929. The minimum Gasteiger partial charge on any atom is -0.339 e. The average Bonchev–Trinajstić information content (AvgIpc) is 3.39. The van der Waals surface area contributed by atoms with E-state index in [4.69, 9.17) is 0 Å². The zero-order valence-corrected chi connectivity index (χ0v) is 17.1. The summed E-state index contributed by atoms with van der Waals surface area (Å²) < 4.78 is 0. The molecule has 1 N–H and O–H groups in total. The first-order chi connectivity index (χ1) is 15.2. The van der Waals surface area contributed by atoms with Gasteiger partial charge in [0.05, 0.1) is 5.69 Å². The molecule has 158 valence electrons. The molecule has 8 heteroatoms. The molecule has 1 aromatic carbocycles. The number of aromatic nitrogens is 4. The number of amides is 2. The number of pyridine rings is 1. The topological polar surface area (TPSA) is 95.1 Å². The van der Waals surface area contributed by atoms with Gasteiger partial charge in [0.2, 0.25) is 5.91 Å². The predicted molar refractivity (Wildman–Crippen MR) is 116 cm³/mol. The molecule has 2 aliphatic heterocycles. The van der Waals surface area contributed by atoms with Crippen molar-refractivity contribution in [1.29, 1.82) is 0 Å². The third kappa shape index (κ3) is 4.05. The summed E-state index contributed by atoms with van der Waals surface area (Å²) in [5.41, 5.74) is 2.88. The number of nitrogens with zero attached hydrogens (tertiary/aromatic N) is 5. The van der Waals surface area contributed by atoms with Gasteiger partial charge < -0.3 is 9.80 Å². The van der Waals surface area contributed by atoms with E-state index in [9.17, 15) is 9.59 Å². The summed E-state index contributed by atoms with van der Waals surface area (Å²) in [6.45, 7) is 2.93. The van der Waals surface area contributed by atoms with Crippen LogP contribution in [0, 0.1) is 11.8 Å². The monoisotopic (exact) mass is 416 g/mol. The van der Waals surface area contributed by atoms with Gasteiger partial charge in [-0.1, -0.05) is 6.07 Å². The van der Waals surface area contributed by atoms with E-state index >= 15 is 0 Å². The molecule has 2 atom stereocenters. The molecule has 0 bridgehead atoms. The van der Waals surface area contributed by atoms with Crippen LogP contribution in [0.25, 0.3) is 17.1 Å². The Bertz CT molecular complexity index is 1110. The van der Waals surface area contributed by atoms with Gasteiger partial charge in [-0.05, 0) is 61.1 Å². The molecule has 0 spiro atoms. The van der Waals surface area contributed by atoms with Crippen LogP contribution in [-0.4, -0.2) is 68.2 Å². The lowest BCUT2D eigenvalue weighted by Crippen LogP contribution is -2.33. The lowest BCUT2D eigenvalue weighted by atomic mass is 9.92. The summed E-state index contributed by atoms with van der Waals surface area (Å²) in [6, 6.07) is 11.1. The smallest absolute Gasteiger partial charge is 0.253 e. The summed E-state index contributed by atoms with van der Waals surface area (Å²) >= 11 is 0. The van der Waals surface area contributed by atoms with E-state index in [0.717, 1.165) is 50.2 Å². The first-order valence-corrected chi connectivity index (χ1v) is 10.7. The van der Waals surface area contributed by atoms with Crippen molar-refractivity contribution in [2.75, 3.05) is 26.2 Å². The number of hydrogen-bond donors (Lipinski definition) is 1. The Hall–Kier alpha value is -3.55. The van der Waals surface area contributed by atoms with Crippen LogP contribution in [0.4, 0.5) is 0 Å². The van der Waals surface area contributed by atoms with Crippen molar-refractivity contribution in [2.24, 2.45) is 11.8 Å². The number of H-pyrrole nitrogens is 1. The molecule has 8 nitrogen and oxygen atoms in total. The number of hydrogen-bond acceptors (Lipinski definition) is 5. The fraction of sp³-hybridized carbons (Fsp3) is 0.348. The molecule has 0 saturated carbocycles. The largest absolute Gasteiger partial charge is 0.339 e. The van der Waals surface area contributed by atoms with Gasteiger partial charge in [0.1, 0.15) is 11.0 Å². The highest BCUT2D eigenvalue weighted by Crippen LogP contribution is 2.32. The van der Waals surface area contributed by atoms with Crippen LogP contribution in [-0.2, 0) is 4.79 Å². The molecule has 31 heavy (non-hydrogen) atoms. The Morgan fingerprint density at radius 1 is 0.968 bits per heavy atom. The second-order valence-corrected chi connectivity index (χ2v) is 8.25. The summed E-state index contributed by atoms with van der Waals surface area (Å²) in [6.07, 6.45) is 6.92. The minimum absolute atomic E-state index is 0.0273. The van der Waals surface area contributed by atoms with E-state index in [1.807, 2.05) is 40.1 Å². The molecular weight excluding hydrogens is 392 g/mol. The van der Waals surface area contributed by atoms with Crippen LogP contribution >= 0.6 is 0 Å². The fourth-order valence-corrected chi connectivity index (χ4v) is 4.63. The molecule has 2 aromatic heterocycles. The van der Waals surface area contributed by atoms with Gasteiger partial charge in [-0.25, -0.2) is 0 Å². The van der Waals surface area contributed by atoms with Gasteiger partial charge in [-0.2, -0.15) is 15.4 Å². The Kier molecular flexibility index (Phi) is 5.19. The maximum atomic E-state index is 13.0. The number of carbonyl (C=O) groups excluding carboxylic acids is 2. The molecule has 2 saturated heterocycles. The number of fused-ring (bicyclic) bond motifs is 2. The van der Waals surface area contributed by atoms with Crippen LogP contribution in [0.2, 0.25) is 0 Å². The Morgan fingerprint density at radius 3 is 2.48 bits per heavy atom.